The van der Waals surface area contributed by atoms with Gasteiger partial charge in [0, 0.05) is 24.8 Å². The van der Waals surface area contributed by atoms with Crippen molar-refractivity contribution in [2.75, 3.05) is 23.7 Å². The van der Waals surface area contributed by atoms with Crippen molar-refractivity contribution in [3.63, 3.8) is 0 Å². The minimum absolute atomic E-state index is 0. The molecule has 3 aromatic heterocycles. The molecule has 0 saturated carbocycles. The van der Waals surface area contributed by atoms with E-state index >= 15 is 0 Å². The fourth-order valence-electron chi connectivity index (χ4n) is 3.73. The molecule has 0 bridgehead atoms. The molecule has 1 atom stereocenters. The number of halogens is 6. The standard InChI is InChI=1S/C22H22Cl2N6O.4ClH/c23-16-1-2-19(27-12-16)29-22(31)18-11-17(24)13-28-21(18)30-20(14-3-7-25-8-4-14)15-5-9-26-10-6-15;;;;/h1-4,7-8,11-13,15,20,26H,5-6,9-10H2,(H,28,30)(H,27,29,31);4*1H. The quantitative estimate of drug-likeness (QED) is 0.308. The summed E-state index contributed by atoms with van der Waals surface area (Å²) < 4.78 is 0. The highest BCUT2D eigenvalue weighted by atomic mass is 35.5. The van der Waals surface area contributed by atoms with Crippen LogP contribution in [0.15, 0.2) is 55.1 Å². The van der Waals surface area contributed by atoms with Crippen molar-refractivity contribution >= 4 is 90.4 Å². The number of rotatable bonds is 6. The second-order valence-electron chi connectivity index (χ2n) is 7.36. The Kier molecular flexibility index (Phi) is 15.5. The van der Waals surface area contributed by atoms with Gasteiger partial charge in [-0.2, -0.15) is 0 Å². The normalized spacial score (nSPS) is 13.5. The van der Waals surface area contributed by atoms with Crippen LogP contribution in [0.5, 0.6) is 0 Å². The third kappa shape index (κ3) is 9.10. The summed E-state index contributed by atoms with van der Waals surface area (Å²) in [5.41, 5.74) is 1.45. The number of carbonyl (C=O) groups excluding carboxylic acids is 1. The fraction of sp³-hybridized carbons (Fsp3) is 0.273. The van der Waals surface area contributed by atoms with Gasteiger partial charge in [0.05, 0.1) is 21.7 Å². The third-order valence-corrected chi connectivity index (χ3v) is 5.71. The highest BCUT2D eigenvalue weighted by Gasteiger charge is 2.27. The molecule has 3 aromatic rings. The van der Waals surface area contributed by atoms with Gasteiger partial charge in [0.15, 0.2) is 0 Å². The van der Waals surface area contributed by atoms with Crippen molar-refractivity contribution in [1.82, 2.24) is 20.3 Å². The molecule has 35 heavy (non-hydrogen) atoms. The zero-order chi connectivity index (χ0) is 21.6. The molecule has 4 rings (SSSR count). The minimum atomic E-state index is -0.355. The predicted molar refractivity (Wildman–Crippen MR) is 152 cm³/mol. The van der Waals surface area contributed by atoms with Gasteiger partial charge < -0.3 is 16.0 Å². The van der Waals surface area contributed by atoms with Crippen LogP contribution >= 0.6 is 72.8 Å². The Morgan fingerprint density at radius 1 is 0.943 bits per heavy atom. The van der Waals surface area contributed by atoms with Crippen molar-refractivity contribution in [2.24, 2.45) is 5.92 Å². The second-order valence-corrected chi connectivity index (χ2v) is 8.23. The Hall–Kier alpha value is -1.58. The molecule has 13 heteroatoms. The minimum Gasteiger partial charge on any atom is -0.362 e. The number of amides is 1. The van der Waals surface area contributed by atoms with E-state index in [9.17, 15) is 4.79 Å². The van der Waals surface area contributed by atoms with Crippen molar-refractivity contribution in [3.8, 4) is 0 Å². The van der Waals surface area contributed by atoms with Crippen LogP contribution in [0, 0.1) is 5.92 Å². The van der Waals surface area contributed by atoms with Crippen molar-refractivity contribution < 1.29 is 4.79 Å². The molecule has 1 unspecified atom stereocenters. The molecule has 1 aliphatic rings. The Morgan fingerprint density at radius 2 is 1.60 bits per heavy atom. The summed E-state index contributed by atoms with van der Waals surface area (Å²) in [6.07, 6.45) is 8.60. The highest BCUT2D eigenvalue weighted by Crippen LogP contribution is 2.33. The maximum absolute atomic E-state index is 13.0. The van der Waals surface area contributed by atoms with Crippen LogP contribution in [-0.4, -0.2) is 33.9 Å². The van der Waals surface area contributed by atoms with E-state index in [4.69, 9.17) is 23.2 Å². The molecule has 1 aliphatic heterocycles. The smallest absolute Gasteiger partial charge is 0.260 e. The lowest BCUT2D eigenvalue weighted by Crippen LogP contribution is -2.34. The molecular weight excluding hydrogens is 577 g/mol. The van der Waals surface area contributed by atoms with Gasteiger partial charge in [-0.25, -0.2) is 9.97 Å². The Morgan fingerprint density at radius 3 is 2.23 bits per heavy atom. The molecule has 192 valence electrons. The van der Waals surface area contributed by atoms with Crippen LogP contribution in [0.25, 0.3) is 0 Å². The predicted octanol–water partition coefficient (Wildman–Crippen LogP) is 6.27. The highest BCUT2D eigenvalue weighted by molar-refractivity contribution is 6.31. The van der Waals surface area contributed by atoms with Gasteiger partial charge in [0.25, 0.3) is 5.91 Å². The zero-order valence-electron chi connectivity index (χ0n) is 18.3. The molecule has 7 nitrogen and oxygen atoms in total. The molecule has 0 aromatic carbocycles. The summed E-state index contributed by atoms with van der Waals surface area (Å²) >= 11 is 12.0. The summed E-state index contributed by atoms with van der Waals surface area (Å²) in [7, 11) is 0. The van der Waals surface area contributed by atoms with E-state index in [2.05, 4.69) is 30.9 Å². The van der Waals surface area contributed by atoms with Gasteiger partial charge in [-0.1, -0.05) is 23.2 Å². The molecule has 1 fully saturated rings. The van der Waals surface area contributed by atoms with E-state index in [1.165, 1.54) is 12.4 Å². The zero-order valence-corrected chi connectivity index (χ0v) is 23.1. The maximum atomic E-state index is 13.0. The monoisotopic (exact) mass is 600 g/mol. The largest absolute Gasteiger partial charge is 0.362 e. The molecular formula is C22H26Cl6N6O. The van der Waals surface area contributed by atoms with E-state index in [0.717, 1.165) is 31.5 Å². The van der Waals surface area contributed by atoms with E-state index in [1.54, 1.807) is 30.6 Å². The van der Waals surface area contributed by atoms with Crippen molar-refractivity contribution in [1.29, 1.82) is 0 Å². The topological polar surface area (TPSA) is 91.8 Å². The van der Waals surface area contributed by atoms with Crippen LogP contribution in [0.1, 0.15) is 34.8 Å². The van der Waals surface area contributed by atoms with E-state index in [-0.39, 0.29) is 61.6 Å². The number of nitrogens with one attached hydrogen (secondary N) is 3. The van der Waals surface area contributed by atoms with Gasteiger partial charge in [-0.05, 0) is 67.7 Å². The fourth-order valence-corrected chi connectivity index (χ4v) is 4.00. The van der Waals surface area contributed by atoms with E-state index in [0.29, 0.717) is 33.2 Å². The molecule has 1 saturated heterocycles. The van der Waals surface area contributed by atoms with Gasteiger partial charge in [0.1, 0.15) is 11.6 Å². The Bertz CT molecular complexity index is 1040. The van der Waals surface area contributed by atoms with Crippen LogP contribution < -0.4 is 16.0 Å². The molecule has 4 heterocycles. The summed E-state index contributed by atoms with van der Waals surface area (Å²) in [5.74, 6) is 0.890. The molecule has 0 spiro atoms. The van der Waals surface area contributed by atoms with Crippen LogP contribution in [0.2, 0.25) is 10.0 Å². The number of carbonyl (C=O) groups is 1. The van der Waals surface area contributed by atoms with Crippen molar-refractivity contribution in [2.45, 2.75) is 18.9 Å². The van der Waals surface area contributed by atoms with Gasteiger partial charge in [-0.3, -0.25) is 9.78 Å². The average molecular weight is 603 g/mol. The van der Waals surface area contributed by atoms with Crippen LogP contribution in [-0.2, 0) is 0 Å². The first kappa shape index (κ1) is 33.4. The number of hydrogen-bond donors (Lipinski definition) is 3. The number of piperidine rings is 1. The van der Waals surface area contributed by atoms with Gasteiger partial charge in [0.2, 0.25) is 0 Å². The number of nitrogens with zero attached hydrogens (tertiary/aromatic N) is 3. The number of anilines is 2. The maximum Gasteiger partial charge on any atom is 0.260 e. The first-order chi connectivity index (χ1) is 15.1. The lowest BCUT2D eigenvalue weighted by atomic mass is 9.86. The molecule has 0 radical (unpaired) electrons. The Labute approximate surface area is 239 Å². The van der Waals surface area contributed by atoms with E-state index < -0.39 is 0 Å². The molecule has 3 N–H and O–H groups in total. The van der Waals surface area contributed by atoms with E-state index in [1.807, 2.05) is 12.1 Å². The number of aromatic nitrogens is 3. The summed E-state index contributed by atoms with van der Waals surface area (Å²) in [4.78, 5) is 25.7. The molecule has 0 aliphatic carbocycles. The first-order valence-electron chi connectivity index (χ1n) is 10.1. The summed E-state index contributed by atoms with van der Waals surface area (Å²) in [6, 6.07) is 8.88. The number of hydrogen-bond acceptors (Lipinski definition) is 6. The summed E-state index contributed by atoms with van der Waals surface area (Å²) in [5, 5.41) is 10.6. The van der Waals surface area contributed by atoms with Gasteiger partial charge >= 0.3 is 0 Å². The SMILES string of the molecule is Cl.Cl.Cl.Cl.O=C(Nc1ccc(Cl)cn1)c1cc(Cl)cnc1NC(c1ccncc1)C1CCNCC1. The lowest BCUT2D eigenvalue weighted by molar-refractivity contribution is 0.102. The van der Waals surface area contributed by atoms with Crippen LogP contribution in [0.3, 0.4) is 0 Å². The Balaban J connectivity index is 0.00000289. The molecule has 1 amide bonds. The number of pyridine rings is 3. The average Bonchev–Trinajstić information content (AvgIpc) is 2.81. The lowest BCUT2D eigenvalue weighted by Gasteiger charge is -2.32. The van der Waals surface area contributed by atoms with Crippen LogP contribution in [0.4, 0.5) is 11.6 Å². The first-order valence-corrected chi connectivity index (χ1v) is 10.8. The second kappa shape index (κ2) is 16.2. The summed E-state index contributed by atoms with van der Waals surface area (Å²) in [6.45, 7) is 1.91. The third-order valence-electron chi connectivity index (χ3n) is 5.28. The van der Waals surface area contributed by atoms with Crippen molar-refractivity contribution in [3.05, 3.63) is 76.3 Å². The van der Waals surface area contributed by atoms with Gasteiger partial charge in [-0.15, -0.1) is 49.6 Å².